The Labute approximate surface area is 147 Å². The van der Waals surface area contributed by atoms with Gasteiger partial charge in [0.1, 0.15) is 18.7 Å². The van der Waals surface area contributed by atoms with E-state index in [0.29, 0.717) is 19.2 Å². The van der Waals surface area contributed by atoms with Gasteiger partial charge in [0.15, 0.2) is 5.82 Å². The van der Waals surface area contributed by atoms with Gasteiger partial charge in [-0.15, -0.1) is 10.2 Å². The molecule has 1 amide bonds. The predicted molar refractivity (Wildman–Crippen MR) is 93.1 cm³/mol. The molecule has 1 aliphatic heterocycles. The summed E-state index contributed by atoms with van der Waals surface area (Å²) in [6, 6.07) is 8.39. The molecule has 0 saturated heterocycles. The maximum atomic E-state index is 12.5. The number of nitrogens with zero attached hydrogens (tertiary/aromatic N) is 3. The van der Waals surface area contributed by atoms with Crippen LogP contribution >= 0.6 is 0 Å². The lowest BCUT2D eigenvalue weighted by Gasteiger charge is -2.25. The highest BCUT2D eigenvalue weighted by Gasteiger charge is 2.26. The summed E-state index contributed by atoms with van der Waals surface area (Å²) in [5, 5.41) is 11.3. The zero-order valence-electron chi connectivity index (χ0n) is 14.4. The monoisotopic (exact) mass is 340 g/mol. The molecule has 1 N–H and O–H groups in total. The third kappa shape index (κ3) is 3.52. The fourth-order valence-corrected chi connectivity index (χ4v) is 3.86. The molecule has 2 aromatic rings. The molecule has 2 aliphatic rings. The minimum absolute atomic E-state index is 0.0210. The van der Waals surface area contributed by atoms with Crippen LogP contribution in [-0.2, 0) is 17.8 Å². The minimum Gasteiger partial charge on any atom is -0.492 e. The first-order valence-corrected chi connectivity index (χ1v) is 9.18. The first-order chi connectivity index (χ1) is 12.3. The van der Waals surface area contributed by atoms with E-state index in [1.54, 1.807) is 6.33 Å². The van der Waals surface area contributed by atoms with Crippen molar-refractivity contribution in [3.63, 3.8) is 0 Å². The smallest absolute Gasteiger partial charge is 0.227 e. The Bertz CT molecular complexity index is 737. The summed E-state index contributed by atoms with van der Waals surface area (Å²) in [5.74, 6) is 1.61. The topological polar surface area (TPSA) is 69.0 Å². The van der Waals surface area contributed by atoms with E-state index in [0.717, 1.165) is 23.6 Å². The van der Waals surface area contributed by atoms with Gasteiger partial charge in [0, 0.05) is 6.04 Å². The van der Waals surface area contributed by atoms with Gasteiger partial charge in [0.05, 0.1) is 12.5 Å². The Morgan fingerprint density at radius 3 is 2.96 bits per heavy atom. The Hall–Kier alpha value is -2.37. The number of amides is 1. The van der Waals surface area contributed by atoms with Crippen LogP contribution in [-0.4, -0.2) is 27.3 Å². The molecule has 132 valence electrons. The van der Waals surface area contributed by atoms with Gasteiger partial charge in [-0.1, -0.05) is 37.5 Å². The highest BCUT2D eigenvalue weighted by atomic mass is 16.5. The summed E-state index contributed by atoms with van der Waals surface area (Å²) in [4.78, 5) is 12.5. The quantitative estimate of drug-likeness (QED) is 0.929. The average molecular weight is 340 g/mol. The van der Waals surface area contributed by atoms with Gasteiger partial charge in [-0.2, -0.15) is 0 Å². The molecule has 1 unspecified atom stereocenters. The van der Waals surface area contributed by atoms with Crippen molar-refractivity contribution in [3.8, 4) is 5.75 Å². The molecule has 1 aliphatic carbocycles. The van der Waals surface area contributed by atoms with Crippen molar-refractivity contribution in [1.82, 2.24) is 20.1 Å². The molecule has 0 spiro atoms. The maximum absolute atomic E-state index is 12.5. The summed E-state index contributed by atoms with van der Waals surface area (Å²) >= 11 is 0. The van der Waals surface area contributed by atoms with Gasteiger partial charge in [-0.05, 0) is 30.9 Å². The van der Waals surface area contributed by atoms with Crippen molar-refractivity contribution in [3.05, 3.63) is 42.0 Å². The Morgan fingerprint density at radius 2 is 2.08 bits per heavy atom. The zero-order valence-corrected chi connectivity index (χ0v) is 14.4. The molecule has 1 saturated carbocycles. The minimum atomic E-state index is -0.152. The summed E-state index contributed by atoms with van der Waals surface area (Å²) < 4.78 is 7.86. The fourth-order valence-electron chi connectivity index (χ4n) is 3.86. The van der Waals surface area contributed by atoms with E-state index in [9.17, 15) is 4.79 Å². The number of carbonyl (C=O) groups excluding carboxylic acids is 1. The second-order valence-electron chi connectivity index (χ2n) is 6.98. The molecule has 0 bridgehead atoms. The lowest BCUT2D eigenvalue weighted by atomic mass is 9.95. The van der Waals surface area contributed by atoms with Gasteiger partial charge in [-0.3, -0.25) is 4.79 Å². The van der Waals surface area contributed by atoms with E-state index in [1.807, 2.05) is 24.3 Å². The SMILES string of the molecule is O=C(NCc1nncn1C1CCCCC1)C1COc2ccccc2C1. The van der Waals surface area contributed by atoms with E-state index >= 15 is 0 Å². The van der Waals surface area contributed by atoms with Gasteiger partial charge >= 0.3 is 0 Å². The van der Waals surface area contributed by atoms with E-state index in [1.165, 1.54) is 32.1 Å². The van der Waals surface area contributed by atoms with Crippen LogP contribution < -0.4 is 10.1 Å². The lowest BCUT2D eigenvalue weighted by molar-refractivity contribution is -0.126. The Kier molecular flexibility index (Phi) is 4.68. The zero-order chi connectivity index (χ0) is 17.1. The third-order valence-corrected chi connectivity index (χ3v) is 5.29. The van der Waals surface area contributed by atoms with Crippen molar-refractivity contribution in [2.75, 3.05) is 6.61 Å². The van der Waals surface area contributed by atoms with E-state index < -0.39 is 0 Å². The van der Waals surface area contributed by atoms with Crippen molar-refractivity contribution in [2.24, 2.45) is 5.92 Å². The summed E-state index contributed by atoms with van der Waals surface area (Å²) in [6.45, 7) is 0.853. The number of aromatic nitrogens is 3. The van der Waals surface area contributed by atoms with Crippen molar-refractivity contribution in [1.29, 1.82) is 0 Å². The molecular formula is C19H24N4O2. The molecule has 0 radical (unpaired) electrons. The molecule has 1 aromatic carbocycles. The molecule has 1 fully saturated rings. The van der Waals surface area contributed by atoms with Crippen LogP contribution in [0.3, 0.4) is 0 Å². The molecule has 6 heteroatoms. The highest BCUT2D eigenvalue weighted by Crippen LogP contribution is 2.29. The fraction of sp³-hybridized carbons (Fsp3) is 0.526. The highest BCUT2D eigenvalue weighted by molar-refractivity contribution is 5.79. The standard InChI is InChI=1S/C19H24N4O2/c24-19(15-10-14-6-4-5-9-17(14)25-12-15)20-11-18-22-21-13-23(18)16-7-2-1-3-8-16/h4-6,9,13,15-16H,1-3,7-8,10-12H2,(H,20,24). The summed E-state index contributed by atoms with van der Waals surface area (Å²) in [5.41, 5.74) is 1.10. The van der Waals surface area contributed by atoms with E-state index in [4.69, 9.17) is 4.74 Å². The average Bonchev–Trinajstić information content (AvgIpc) is 3.15. The number of rotatable bonds is 4. The molecule has 4 rings (SSSR count). The number of para-hydroxylation sites is 1. The summed E-state index contributed by atoms with van der Waals surface area (Å²) in [7, 11) is 0. The third-order valence-electron chi connectivity index (χ3n) is 5.29. The number of hydrogen-bond acceptors (Lipinski definition) is 4. The number of carbonyl (C=O) groups is 1. The number of nitrogens with one attached hydrogen (secondary N) is 1. The van der Waals surface area contributed by atoms with Crippen molar-refractivity contribution in [2.45, 2.75) is 51.1 Å². The molecule has 2 heterocycles. The van der Waals surface area contributed by atoms with Crippen LogP contribution in [0.25, 0.3) is 0 Å². The van der Waals surface area contributed by atoms with Gasteiger partial charge in [0.25, 0.3) is 0 Å². The molecule has 1 atom stereocenters. The van der Waals surface area contributed by atoms with Gasteiger partial charge < -0.3 is 14.6 Å². The van der Waals surface area contributed by atoms with Crippen LogP contribution in [0.1, 0.15) is 49.5 Å². The van der Waals surface area contributed by atoms with Crippen LogP contribution in [0.4, 0.5) is 0 Å². The van der Waals surface area contributed by atoms with Crippen LogP contribution in [0.5, 0.6) is 5.75 Å². The first kappa shape index (κ1) is 16.1. The number of benzene rings is 1. The van der Waals surface area contributed by atoms with E-state index in [2.05, 4.69) is 20.1 Å². The summed E-state index contributed by atoms with van der Waals surface area (Å²) in [6.07, 6.45) is 8.70. The van der Waals surface area contributed by atoms with Crippen LogP contribution in [0.15, 0.2) is 30.6 Å². The predicted octanol–water partition coefficient (Wildman–Crippen LogP) is 2.65. The second kappa shape index (κ2) is 7.25. The molecule has 25 heavy (non-hydrogen) atoms. The van der Waals surface area contributed by atoms with Gasteiger partial charge in [-0.25, -0.2) is 0 Å². The first-order valence-electron chi connectivity index (χ1n) is 9.18. The molecular weight excluding hydrogens is 316 g/mol. The molecule has 1 aromatic heterocycles. The number of ether oxygens (including phenoxy) is 1. The van der Waals surface area contributed by atoms with Crippen molar-refractivity contribution >= 4 is 5.91 Å². The Morgan fingerprint density at radius 1 is 1.24 bits per heavy atom. The lowest BCUT2D eigenvalue weighted by Crippen LogP contribution is -2.37. The van der Waals surface area contributed by atoms with Gasteiger partial charge in [0.2, 0.25) is 5.91 Å². The Balaban J connectivity index is 1.36. The second-order valence-corrected chi connectivity index (χ2v) is 6.98. The van der Waals surface area contributed by atoms with Crippen LogP contribution in [0.2, 0.25) is 0 Å². The largest absolute Gasteiger partial charge is 0.492 e. The number of fused-ring (bicyclic) bond motifs is 1. The molecule has 6 nitrogen and oxygen atoms in total. The van der Waals surface area contributed by atoms with E-state index in [-0.39, 0.29) is 11.8 Å². The normalized spacial score (nSPS) is 20.6. The van der Waals surface area contributed by atoms with Crippen LogP contribution in [0, 0.1) is 5.92 Å². The number of hydrogen-bond donors (Lipinski definition) is 1. The maximum Gasteiger partial charge on any atom is 0.227 e. The van der Waals surface area contributed by atoms with Crippen molar-refractivity contribution < 1.29 is 9.53 Å².